The largest absolute Gasteiger partial charge is 0.348 e. The van der Waals surface area contributed by atoms with E-state index in [-0.39, 0.29) is 5.91 Å². The Morgan fingerprint density at radius 3 is 2.86 bits per heavy atom. The topological polar surface area (TPSA) is 72.7 Å². The molecule has 0 bridgehead atoms. The van der Waals surface area contributed by atoms with Gasteiger partial charge >= 0.3 is 0 Å². The number of rotatable bonds is 4. The van der Waals surface area contributed by atoms with E-state index in [9.17, 15) is 4.79 Å². The van der Waals surface area contributed by atoms with Gasteiger partial charge in [0.15, 0.2) is 5.82 Å². The van der Waals surface area contributed by atoms with E-state index in [1.54, 1.807) is 47.5 Å². The maximum atomic E-state index is 12.2. The van der Waals surface area contributed by atoms with Gasteiger partial charge in [0.1, 0.15) is 12.7 Å². The fourth-order valence-corrected chi connectivity index (χ4v) is 2.23. The van der Waals surface area contributed by atoms with Crippen LogP contribution in [0.3, 0.4) is 0 Å². The van der Waals surface area contributed by atoms with E-state index in [0.29, 0.717) is 22.9 Å². The summed E-state index contributed by atoms with van der Waals surface area (Å²) >= 11 is 6.02. The molecule has 0 saturated carbocycles. The zero-order valence-corrected chi connectivity index (χ0v) is 12.2. The minimum atomic E-state index is -0.237. The van der Waals surface area contributed by atoms with Gasteiger partial charge in [-0.1, -0.05) is 29.8 Å². The van der Waals surface area contributed by atoms with Crippen LogP contribution < -0.4 is 5.32 Å². The van der Waals surface area contributed by atoms with Crippen molar-refractivity contribution in [2.75, 3.05) is 0 Å². The minimum Gasteiger partial charge on any atom is -0.348 e. The Kier molecular flexibility index (Phi) is 4.11. The highest BCUT2D eigenvalue weighted by atomic mass is 35.5. The summed E-state index contributed by atoms with van der Waals surface area (Å²) in [4.78, 5) is 20.4. The molecular formula is C15H12ClN5O. The Balaban J connectivity index is 1.78. The summed E-state index contributed by atoms with van der Waals surface area (Å²) < 4.78 is 1.55. The molecule has 2 aromatic heterocycles. The number of hydrogen-bond donors (Lipinski definition) is 1. The van der Waals surface area contributed by atoms with Crippen molar-refractivity contribution in [2.45, 2.75) is 6.54 Å². The number of carbonyl (C=O) groups excluding carboxylic acids is 1. The van der Waals surface area contributed by atoms with Crippen LogP contribution in [0.2, 0.25) is 5.02 Å². The van der Waals surface area contributed by atoms with Crippen molar-refractivity contribution >= 4 is 17.5 Å². The Bertz CT molecular complexity index is 788. The van der Waals surface area contributed by atoms with Crippen LogP contribution in [0.15, 0.2) is 55.2 Å². The first-order valence-electron chi connectivity index (χ1n) is 6.57. The third-order valence-electron chi connectivity index (χ3n) is 3.06. The summed E-state index contributed by atoms with van der Waals surface area (Å²) in [5.41, 5.74) is 1.27. The molecule has 110 valence electrons. The molecule has 0 atom stereocenters. The van der Waals surface area contributed by atoms with Gasteiger partial charge in [0, 0.05) is 18.3 Å². The first-order chi connectivity index (χ1) is 10.8. The lowest BCUT2D eigenvalue weighted by molar-refractivity contribution is 0.0951. The van der Waals surface area contributed by atoms with Crippen LogP contribution in [0.25, 0.3) is 5.82 Å². The molecule has 0 aliphatic rings. The molecule has 0 unspecified atom stereocenters. The van der Waals surface area contributed by atoms with Gasteiger partial charge in [-0.3, -0.25) is 4.79 Å². The highest BCUT2D eigenvalue weighted by Crippen LogP contribution is 2.15. The lowest BCUT2D eigenvalue weighted by Crippen LogP contribution is -2.24. The van der Waals surface area contributed by atoms with Crippen LogP contribution in [0.5, 0.6) is 0 Å². The van der Waals surface area contributed by atoms with Crippen molar-refractivity contribution in [3.05, 3.63) is 71.4 Å². The van der Waals surface area contributed by atoms with Crippen molar-refractivity contribution in [1.82, 2.24) is 25.1 Å². The fourth-order valence-electron chi connectivity index (χ4n) is 2.01. The molecule has 0 spiro atoms. The number of nitrogens with zero attached hydrogens (tertiary/aromatic N) is 4. The average molecular weight is 314 g/mol. The predicted molar refractivity (Wildman–Crippen MR) is 81.8 cm³/mol. The Hall–Kier alpha value is -2.73. The molecule has 0 aliphatic carbocycles. The second-order valence-corrected chi connectivity index (χ2v) is 4.90. The van der Waals surface area contributed by atoms with Crippen LogP contribution in [0.4, 0.5) is 0 Å². The number of amides is 1. The molecule has 22 heavy (non-hydrogen) atoms. The monoisotopic (exact) mass is 313 g/mol. The van der Waals surface area contributed by atoms with Crippen LogP contribution >= 0.6 is 11.6 Å². The summed E-state index contributed by atoms with van der Waals surface area (Å²) in [6.45, 7) is 0.313. The predicted octanol–water partition coefficient (Wildman–Crippen LogP) is 2.25. The van der Waals surface area contributed by atoms with Crippen molar-refractivity contribution in [1.29, 1.82) is 0 Å². The summed E-state index contributed by atoms with van der Waals surface area (Å²) in [5, 5.41) is 7.31. The molecule has 0 radical (unpaired) electrons. The van der Waals surface area contributed by atoms with E-state index < -0.39 is 0 Å². The molecule has 0 saturated heterocycles. The van der Waals surface area contributed by atoms with Crippen molar-refractivity contribution in [3.8, 4) is 5.82 Å². The SMILES string of the molecule is O=C(NCc1cccnc1-n1cncn1)c1ccccc1Cl. The van der Waals surface area contributed by atoms with Crippen LogP contribution in [0.1, 0.15) is 15.9 Å². The Morgan fingerprint density at radius 2 is 2.09 bits per heavy atom. The highest BCUT2D eigenvalue weighted by Gasteiger charge is 2.11. The Labute approximate surface area is 131 Å². The number of benzene rings is 1. The zero-order chi connectivity index (χ0) is 15.4. The van der Waals surface area contributed by atoms with Gasteiger partial charge in [-0.2, -0.15) is 5.10 Å². The third kappa shape index (κ3) is 2.96. The van der Waals surface area contributed by atoms with Gasteiger partial charge in [-0.15, -0.1) is 0 Å². The summed E-state index contributed by atoms with van der Waals surface area (Å²) in [6.07, 6.45) is 4.65. The lowest BCUT2D eigenvalue weighted by atomic mass is 10.2. The zero-order valence-electron chi connectivity index (χ0n) is 11.5. The summed E-state index contributed by atoms with van der Waals surface area (Å²) in [7, 11) is 0. The van der Waals surface area contributed by atoms with E-state index in [1.165, 1.54) is 6.33 Å². The van der Waals surface area contributed by atoms with Crippen LogP contribution in [-0.4, -0.2) is 25.7 Å². The molecular weight excluding hydrogens is 302 g/mol. The van der Waals surface area contributed by atoms with Crippen LogP contribution in [-0.2, 0) is 6.54 Å². The van der Waals surface area contributed by atoms with E-state index in [0.717, 1.165) is 5.56 Å². The van der Waals surface area contributed by atoms with Crippen molar-refractivity contribution in [3.63, 3.8) is 0 Å². The lowest BCUT2D eigenvalue weighted by Gasteiger charge is -2.10. The van der Waals surface area contributed by atoms with Gasteiger partial charge in [0.25, 0.3) is 5.91 Å². The summed E-state index contributed by atoms with van der Waals surface area (Å²) in [6, 6.07) is 10.6. The molecule has 1 amide bonds. The molecule has 0 fully saturated rings. The van der Waals surface area contributed by atoms with Gasteiger partial charge < -0.3 is 5.32 Å². The van der Waals surface area contributed by atoms with Gasteiger partial charge in [-0.05, 0) is 18.2 Å². The number of aromatic nitrogens is 4. The minimum absolute atomic E-state index is 0.237. The number of carbonyl (C=O) groups is 1. The fraction of sp³-hybridized carbons (Fsp3) is 0.0667. The first-order valence-corrected chi connectivity index (χ1v) is 6.95. The Morgan fingerprint density at radius 1 is 1.23 bits per heavy atom. The molecule has 2 heterocycles. The molecule has 3 aromatic rings. The van der Waals surface area contributed by atoms with Crippen LogP contribution in [0, 0.1) is 0 Å². The first kappa shape index (κ1) is 14.2. The smallest absolute Gasteiger partial charge is 0.253 e. The van der Waals surface area contributed by atoms with Crippen molar-refractivity contribution < 1.29 is 4.79 Å². The molecule has 0 aliphatic heterocycles. The molecule has 3 rings (SSSR count). The van der Waals surface area contributed by atoms with E-state index in [4.69, 9.17) is 11.6 Å². The highest BCUT2D eigenvalue weighted by molar-refractivity contribution is 6.33. The molecule has 1 N–H and O–H groups in total. The van der Waals surface area contributed by atoms with Gasteiger partial charge in [0.05, 0.1) is 10.6 Å². The average Bonchev–Trinajstić information content (AvgIpc) is 3.07. The normalized spacial score (nSPS) is 10.4. The standard InChI is InChI=1S/C15H12ClN5O/c16-13-6-2-1-5-12(13)15(22)19-8-11-4-3-7-18-14(11)21-10-17-9-20-21/h1-7,9-10H,8H2,(H,19,22). The maximum absolute atomic E-state index is 12.2. The van der Waals surface area contributed by atoms with E-state index in [1.807, 2.05) is 6.07 Å². The van der Waals surface area contributed by atoms with Gasteiger partial charge in [0.2, 0.25) is 0 Å². The number of pyridine rings is 1. The number of hydrogen-bond acceptors (Lipinski definition) is 4. The second kappa shape index (κ2) is 6.36. The quantitative estimate of drug-likeness (QED) is 0.802. The van der Waals surface area contributed by atoms with E-state index >= 15 is 0 Å². The van der Waals surface area contributed by atoms with E-state index in [2.05, 4.69) is 20.4 Å². The number of nitrogens with one attached hydrogen (secondary N) is 1. The maximum Gasteiger partial charge on any atom is 0.253 e. The third-order valence-corrected chi connectivity index (χ3v) is 3.39. The number of halogens is 1. The molecule has 7 heteroatoms. The van der Waals surface area contributed by atoms with Crippen molar-refractivity contribution in [2.24, 2.45) is 0 Å². The second-order valence-electron chi connectivity index (χ2n) is 4.49. The molecule has 6 nitrogen and oxygen atoms in total. The van der Waals surface area contributed by atoms with Gasteiger partial charge in [-0.25, -0.2) is 14.6 Å². The summed E-state index contributed by atoms with van der Waals surface area (Å²) in [5.74, 6) is 0.387. The molecule has 1 aromatic carbocycles.